The van der Waals surface area contributed by atoms with Gasteiger partial charge in [-0.1, -0.05) is 6.92 Å². The monoisotopic (exact) mass is 518 g/mol. The molecule has 0 atom stereocenters. The Morgan fingerprint density at radius 1 is 1.14 bits per heavy atom. The quantitative estimate of drug-likeness (QED) is 0.430. The van der Waals surface area contributed by atoms with Crippen LogP contribution < -0.4 is 24.2 Å². The molecule has 1 aromatic heterocycles. The van der Waals surface area contributed by atoms with Crippen LogP contribution in [0.3, 0.4) is 0 Å². The number of carbonyl (C=O) groups is 2. The number of hydrogen-bond donors (Lipinski definition) is 2. The van der Waals surface area contributed by atoms with E-state index in [0.717, 1.165) is 4.90 Å². The van der Waals surface area contributed by atoms with Crippen molar-refractivity contribution in [3.05, 3.63) is 30.5 Å². The predicted molar refractivity (Wildman–Crippen MR) is 138 cm³/mol. The van der Waals surface area contributed by atoms with Gasteiger partial charge in [0.2, 0.25) is 11.7 Å². The molecule has 2 aromatic rings. The second-order valence-corrected chi connectivity index (χ2v) is 9.28. The van der Waals surface area contributed by atoms with Crippen LogP contribution in [0.5, 0.6) is 17.2 Å². The molecule has 1 aromatic carbocycles. The molecule has 2 heterocycles. The van der Waals surface area contributed by atoms with E-state index in [2.05, 4.69) is 15.0 Å². The summed E-state index contributed by atoms with van der Waals surface area (Å²) in [4.78, 5) is 30.7. The third kappa shape index (κ3) is 7.33. The normalized spacial score (nSPS) is 13.8. The van der Waals surface area contributed by atoms with Crippen LogP contribution in [-0.2, 0) is 9.53 Å². The Morgan fingerprint density at radius 3 is 2.53 bits per heavy atom. The van der Waals surface area contributed by atoms with E-state index in [1.165, 1.54) is 11.9 Å². The maximum Gasteiger partial charge on any atom is 0.410 e. The van der Waals surface area contributed by atoms with Gasteiger partial charge in [0.1, 0.15) is 11.9 Å². The zero-order chi connectivity index (χ0) is 26.1. The van der Waals surface area contributed by atoms with E-state index in [0.29, 0.717) is 61.1 Å². The van der Waals surface area contributed by atoms with E-state index in [1.807, 2.05) is 32.0 Å². The number of pyridine rings is 1. The zero-order valence-electron chi connectivity index (χ0n) is 21.3. The van der Waals surface area contributed by atoms with Gasteiger partial charge in [0.25, 0.3) is 0 Å². The molecule has 1 aliphatic heterocycles. The summed E-state index contributed by atoms with van der Waals surface area (Å²) in [6.07, 6.45) is 2.92. The predicted octanol–water partition coefficient (Wildman–Crippen LogP) is 4.76. The SMILES string of the molecule is CCC(=O)NSc1ccc(Nc2nccc(OC3CCN(C(=O)OC(C)C)CC3)c2OC)c(OC)c1. The molecule has 0 aliphatic carbocycles. The van der Waals surface area contributed by atoms with Crippen LogP contribution in [0.1, 0.15) is 40.0 Å². The van der Waals surface area contributed by atoms with Crippen LogP contribution in [0.25, 0.3) is 0 Å². The Labute approximate surface area is 216 Å². The minimum atomic E-state index is -0.289. The summed E-state index contributed by atoms with van der Waals surface area (Å²) in [6.45, 7) is 6.61. The molecule has 0 unspecified atom stereocenters. The van der Waals surface area contributed by atoms with Crippen LogP contribution >= 0.6 is 11.9 Å². The highest BCUT2D eigenvalue weighted by Gasteiger charge is 2.26. The minimum Gasteiger partial charge on any atom is -0.495 e. The van der Waals surface area contributed by atoms with Crippen molar-refractivity contribution in [1.29, 1.82) is 0 Å². The molecule has 11 heteroatoms. The number of likely N-dealkylation sites (tertiary alicyclic amines) is 1. The first-order chi connectivity index (χ1) is 17.3. The van der Waals surface area contributed by atoms with Gasteiger partial charge in [-0.3, -0.25) is 9.52 Å². The van der Waals surface area contributed by atoms with Crippen molar-refractivity contribution in [3.63, 3.8) is 0 Å². The minimum absolute atomic E-state index is 0.0481. The number of amides is 2. The van der Waals surface area contributed by atoms with Gasteiger partial charge in [-0.25, -0.2) is 9.78 Å². The van der Waals surface area contributed by atoms with E-state index in [-0.39, 0.29) is 24.2 Å². The highest BCUT2D eigenvalue weighted by molar-refractivity contribution is 7.98. The number of anilines is 2. The average molecular weight is 519 g/mol. The molecule has 3 rings (SSSR count). The van der Waals surface area contributed by atoms with Crippen LogP contribution in [0.4, 0.5) is 16.3 Å². The number of nitrogens with one attached hydrogen (secondary N) is 2. The van der Waals surface area contributed by atoms with E-state index >= 15 is 0 Å². The van der Waals surface area contributed by atoms with Crippen LogP contribution in [-0.4, -0.2) is 61.4 Å². The van der Waals surface area contributed by atoms with E-state index < -0.39 is 0 Å². The highest BCUT2D eigenvalue weighted by atomic mass is 32.2. The van der Waals surface area contributed by atoms with Crippen molar-refractivity contribution >= 4 is 35.5 Å². The molecule has 0 radical (unpaired) electrons. The molecular formula is C25H34N4O6S. The maximum atomic E-state index is 12.1. The smallest absolute Gasteiger partial charge is 0.410 e. The van der Waals surface area contributed by atoms with Crippen LogP contribution in [0.2, 0.25) is 0 Å². The van der Waals surface area contributed by atoms with Crippen molar-refractivity contribution in [1.82, 2.24) is 14.6 Å². The van der Waals surface area contributed by atoms with E-state index in [9.17, 15) is 9.59 Å². The first-order valence-corrected chi connectivity index (χ1v) is 12.7. The summed E-state index contributed by atoms with van der Waals surface area (Å²) in [5, 5.41) is 3.26. The number of aromatic nitrogens is 1. The van der Waals surface area contributed by atoms with Gasteiger partial charge in [-0.05, 0) is 44.0 Å². The Hall–Kier alpha value is -3.34. The van der Waals surface area contributed by atoms with Crippen LogP contribution in [0, 0.1) is 0 Å². The van der Waals surface area contributed by atoms with Gasteiger partial charge in [-0.2, -0.15) is 0 Å². The molecule has 2 N–H and O–H groups in total. The molecule has 196 valence electrons. The lowest BCUT2D eigenvalue weighted by atomic mass is 10.1. The summed E-state index contributed by atoms with van der Waals surface area (Å²) < 4.78 is 25.5. The topological polar surface area (TPSA) is 111 Å². The lowest BCUT2D eigenvalue weighted by Gasteiger charge is -2.32. The Bertz CT molecular complexity index is 1040. The number of methoxy groups -OCH3 is 2. The lowest BCUT2D eigenvalue weighted by Crippen LogP contribution is -2.42. The van der Waals surface area contributed by atoms with E-state index in [4.69, 9.17) is 18.9 Å². The van der Waals surface area contributed by atoms with Gasteiger partial charge in [0.15, 0.2) is 11.6 Å². The van der Waals surface area contributed by atoms with Crippen LogP contribution in [0.15, 0.2) is 35.4 Å². The highest BCUT2D eigenvalue weighted by Crippen LogP contribution is 2.39. The van der Waals surface area contributed by atoms with Gasteiger partial charge in [0.05, 0.1) is 26.0 Å². The number of rotatable bonds is 10. The number of piperidine rings is 1. The number of hydrogen-bond acceptors (Lipinski definition) is 9. The number of ether oxygens (including phenoxy) is 4. The summed E-state index contributed by atoms with van der Waals surface area (Å²) in [6, 6.07) is 7.31. The molecule has 0 bridgehead atoms. The molecule has 36 heavy (non-hydrogen) atoms. The molecule has 1 fully saturated rings. The number of benzene rings is 1. The first-order valence-electron chi connectivity index (χ1n) is 11.9. The molecule has 0 spiro atoms. The third-order valence-corrected chi connectivity index (χ3v) is 6.25. The Kier molecular flexibility index (Phi) is 9.92. The van der Waals surface area contributed by atoms with Gasteiger partial charge >= 0.3 is 6.09 Å². The maximum absolute atomic E-state index is 12.1. The largest absolute Gasteiger partial charge is 0.495 e. The second kappa shape index (κ2) is 13.1. The molecule has 10 nitrogen and oxygen atoms in total. The summed E-state index contributed by atoms with van der Waals surface area (Å²) >= 11 is 1.23. The molecule has 1 saturated heterocycles. The van der Waals surface area contributed by atoms with Gasteiger partial charge < -0.3 is 29.2 Å². The van der Waals surface area contributed by atoms with Crippen molar-refractivity contribution < 1.29 is 28.5 Å². The lowest BCUT2D eigenvalue weighted by molar-refractivity contribution is -0.118. The fraction of sp³-hybridized carbons (Fsp3) is 0.480. The van der Waals surface area contributed by atoms with Gasteiger partial charge in [0, 0.05) is 49.5 Å². The Balaban J connectivity index is 1.68. The zero-order valence-corrected chi connectivity index (χ0v) is 22.1. The molecule has 1 aliphatic rings. The fourth-order valence-corrected chi connectivity index (χ4v) is 4.25. The van der Waals surface area contributed by atoms with Crippen molar-refractivity contribution in [2.24, 2.45) is 0 Å². The van der Waals surface area contributed by atoms with Crippen molar-refractivity contribution in [3.8, 4) is 17.2 Å². The third-order valence-electron chi connectivity index (χ3n) is 5.43. The van der Waals surface area contributed by atoms with Crippen molar-refractivity contribution in [2.45, 2.75) is 57.1 Å². The molecule has 2 amide bonds. The van der Waals surface area contributed by atoms with E-state index in [1.54, 1.807) is 38.3 Å². The summed E-state index contributed by atoms with van der Waals surface area (Å²) in [7, 11) is 3.14. The number of nitrogens with zero attached hydrogens (tertiary/aromatic N) is 2. The standard InChI is InChI=1S/C25H34N4O6S/c1-6-22(30)28-36-18-7-8-19(21(15-18)32-4)27-24-23(33-5)20(9-12-26-24)35-17-10-13-29(14-11-17)25(31)34-16(2)3/h7-9,12,15-17H,6,10-11,13-14H2,1-5H3,(H,26,27)(H,28,30). The fourth-order valence-electron chi connectivity index (χ4n) is 3.58. The molecular weight excluding hydrogens is 484 g/mol. The van der Waals surface area contributed by atoms with Gasteiger partial charge in [-0.15, -0.1) is 0 Å². The summed E-state index contributed by atoms with van der Waals surface area (Å²) in [5.74, 6) is 2.04. The average Bonchev–Trinajstić information content (AvgIpc) is 2.88. The first kappa shape index (κ1) is 27.3. The second-order valence-electron chi connectivity index (χ2n) is 8.40. The number of carbonyl (C=O) groups excluding carboxylic acids is 2. The summed E-state index contributed by atoms with van der Waals surface area (Å²) in [5.41, 5.74) is 0.684. The Morgan fingerprint density at radius 2 is 1.89 bits per heavy atom. The molecule has 0 saturated carbocycles. The van der Waals surface area contributed by atoms with Crippen molar-refractivity contribution in [2.75, 3.05) is 32.6 Å².